The van der Waals surface area contributed by atoms with Crippen molar-refractivity contribution < 1.29 is 18.7 Å². The minimum absolute atomic E-state index is 0.192. The Morgan fingerprint density at radius 3 is 2.68 bits per heavy atom. The molecule has 7 heteroatoms. The maximum Gasteiger partial charge on any atom is 0.347 e. The van der Waals surface area contributed by atoms with Gasteiger partial charge in [0.05, 0.1) is 28.3 Å². The molecular formula is C24H15NO5S. The molecule has 152 valence electrons. The SMILES string of the molecule is COc1ccccc1C(=O)Oc1ccc2c(=O)c(-c3nc4ccccc4s3)coc2c1. The Bertz CT molecular complexity index is 1470. The molecule has 5 aromatic rings. The number of para-hydroxylation sites is 2. The molecule has 0 unspecified atom stereocenters. The van der Waals surface area contributed by atoms with Crippen molar-refractivity contribution in [3.05, 3.63) is 88.8 Å². The highest BCUT2D eigenvalue weighted by atomic mass is 32.1. The van der Waals surface area contributed by atoms with Gasteiger partial charge in [-0.1, -0.05) is 24.3 Å². The first-order valence-corrected chi connectivity index (χ1v) is 10.2. The number of hydrogen-bond acceptors (Lipinski definition) is 7. The van der Waals surface area contributed by atoms with E-state index in [1.807, 2.05) is 24.3 Å². The van der Waals surface area contributed by atoms with Gasteiger partial charge in [-0.25, -0.2) is 9.78 Å². The first kappa shape index (κ1) is 19.0. The zero-order valence-corrected chi connectivity index (χ0v) is 17.1. The van der Waals surface area contributed by atoms with E-state index in [0.29, 0.717) is 32.9 Å². The number of aromatic nitrogens is 1. The lowest BCUT2D eigenvalue weighted by Crippen LogP contribution is -2.10. The van der Waals surface area contributed by atoms with Crippen LogP contribution < -0.4 is 14.9 Å². The van der Waals surface area contributed by atoms with E-state index in [1.165, 1.54) is 30.8 Å². The zero-order chi connectivity index (χ0) is 21.4. The van der Waals surface area contributed by atoms with Crippen LogP contribution in [0.5, 0.6) is 11.5 Å². The molecule has 0 aliphatic heterocycles. The highest BCUT2D eigenvalue weighted by Crippen LogP contribution is 2.30. The van der Waals surface area contributed by atoms with E-state index < -0.39 is 5.97 Å². The Morgan fingerprint density at radius 2 is 1.84 bits per heavy atom. The predicted octanol–water partition coefficient (Wildman–Crippen LogP) is 5.30. The topological polar surface area (TPSA) is 78.6 Å². The van der Waals surface area contributed by atoms with Crippen molar-refractivity contribution in [2.24, 2.45) is 0 Å². The Kier molecular flexibility index (Phi) is 4.72. The second kappa shape index (κ2) is 7.70. The molecule has 6 nitrogen and oxygen atoms in total. The van der Waals surface area contributed by atoms with Crippen molar-refractivity contribution in [3.8, 4) is 22.1 Å². The van der Waals surface area contributed by atoms with Crippen LogP contribution in [0, 0.1) is 0 Å². The standard InChI is InChI=1S/C24H15NO5S/c1-28-19-8-4-2-6-16(19)24(27)30-14-10-11-15-20(12-14)29-13-17(22(15)26)23-25-18-7-3-5-9-21(18)31-23/h2-13H,1H3. The molecule has 2 aromatic heterocycles. The predicted molar refractivity (Wildman–Crippen MR) is 119 cm³/mol. The summed E-state index contributed by atoms with van der Waals surface area (Å²) in [5.41, 5.74) is 1.66. The molecule has 0 aliphatic rings. The molecule has 0 N–H and O–H groups in total. The molecular weight excluding hydrogens is 414 g/mol. The second-order valence-electron chi connectivity index (χ2n) is 6.71. The van der Waals surface area contributed by atoms with E-state index in [0.717, 1.165) is 10.2 Å². The van der Waals surface area contributed by atoms with Gasteiger partial charge < -0.3 is 13.9 Å². The summed E-state index contributed by atoms with van der Waals surface area (Å²) in [6, 6.07) is 19.2. The molecule has 0 radical (unpaired) electrons. The lowest BCUT2D eigenvalue weighted by atomic mass is 10.1. The maximum absolute atomic E-state index is 13.0. The van der Waals surface area contributed by atoms with Gasteiger partial charge in [0.2, 0.25) is 5.43 Å². The molecule has 0 aliphatic carbocycles. The largest absolute Gasteiger partial charge is 0.496 e. The lowest BCUT2D eigenvalue weighted by molar-refractivity contribution is 0.0731. The number of ether oxygens (including phenoxy) is 2. The number of benzene rings is 3. The molecule has 0 saturated carbocycles. The van der Waals surface area contributed by atoms with Gasteiger partial charge >= 0.3 is 5.97 Å². The van der Waals surface area contributed by atoms with E-state index in [1.54, 1.807) is 36.4 Å². The van der Waals surface area contributed by atoms with Crippen molar-refractivity contribution in [2.75, 3.05) is 7.11 Å². The Balaban J connectivity index is 1.49. The summed E-state index contributed by atoms with van der Waals surface area (Å²) in [4.78, 5) is 30.1. The van der Waals surface area contributed by atoms with Gasteiger partial charge in [-0.15, -0.1) is 11.3 Å². The smallest absolute Gasteiger partial charge is 0.347 e. The third-order valence-electron chi connectivity index (χ3n) is 4.81. The molecule has 5 rings (SSSR count). The van der Waals surface area contributed by atoms with Crippen LogP contribution in [-0.2, 0) is 0 Å². The van der Waals surface area contributed by atoms with Crippen molar-refractivity contribution in [2.45, 2.75) is 0 Å². The normalized spacial score (nSPS) is 11.0. The molecule has 0 saturated heterocycles. The first-order valence-electron chi connectivity index (χ1n) is 9.41. The molecule has 0 atom stereocenters. The van der Waals surface area contributed by atoms with E-state index in [9.17, 15) is 9.59 Å². The van der Waals surface area contributed by atoms with Crippen LogP contribution in [0.25, 0.3) is 31.8 Å². The fourth-order valence-electron chi connectivity index (χ4n) is 3.28. The molecule has 31 heavy (non-hydrogen) atoms. The molecule has 0 amide bonds. The molecule has 0 spiro atoms. The van der Waals surface area contributed by atoms with Crippen molar-refractivity contribution in [1.29, 1.82) is 0 Å². The van der Waals surface area contributed by atoms with Crippen LogP contribution in [-0.4, -0.2) is 18.1 Å². The number of nitrogens with zero attached hydrogens (tertiary/aromatic N) is 1. The minimum Gasteiger partial charge on any atom is -0.496 e. The van der Waals surface area contributed by atoms with Crippen LogP contribution in [0.15, 0.2) is 82.2 Å². The van der Waals surface area contributed by atoms with Crippen LogP contribution in [0.3, 0.4) is 0 Å². The number of rotatable bonds is 4. The summed E-state index contributed by atoms with van der Waals surface area (Å²) in [7, 11) is 1.49. The number of carbonyl (C=O) groups is 1. The quantitative estimate of drug-likeness (QED) is 0.285. The van der Waals surface area contributed by atoms with Crippen LogP contribution in [0.2, 0.25) is 0 Å². The van der Waals surface area contributed by atoms with Gasteiger partial charge in [0.1, 0.15) is 33.9 Å². The Hall–Kier alpha value is -3.97. The highest BCUT2D eigenvalue weighted by Gasteiger charge is 2.17. The van der Waals surface area contributed by atoms with E-state index in [2.05, 4.69) is 4.98 Å². The fraction of sp³-hybridized carbons (Fsp3) is 0.0417. The zero-order valence-electron chi connectivity index (χ0n) is 16.3. The highest BCUT2D eigenvalue weighted by molar-refractivity contribution is 7.21. The van der Waals surface area contributed by atoms with Crippen LogP contribution in [0.1, 0.15) is 10.4 Å². The lowest BCUT2D eigenvalue weighted by Gasteiger charge is -2.08. The fourth-order valence-corrected chi connectivity index (χ4v) is 4.25. The van der Waals surface area contributed by atoms with E-state index in [-0.39, 0.29) is 11.2 Å². The molecule has 0 fully saturated rings. The van der Waals surface area contributed by atoms with Gasteiger partial charge in [-0.3, -0.25) is 4.79 Å². The van der Waals surface area contributed by atoms with Gasteiger partial charge in [0, 0.05) is 6.07 Å². The van der Waals surface area contributed by atoms with Crippen molar-refractivity contribution in [3.63, 3.8) is 0 Å². The van der Waals surface area contributed by atoms with Gasteiger partial charge in [-0.05, 0) is 36.4 Å². The number of esters is 1. The summed E-state index contributed by atoms with van der Waals surface area (Å²) in [6.45, 7) is 0. The summed E-state index contributed by atoms with van der Waals surface area (Å²) in [6.07, 6.45) is 1.40. The number of thiazole rings is 1. The number of methoxy groups -OCH3 is 1. The summed E-state index contributed by atoms with van der Waals surface area (Å²) in [5.74, 6) is 0.116. The maximum atomic E-state index is 13.0. The van der Waals surface area contributed by atoms with E-state index in [4.69, 9.17) is 13.9 Å². The molecule has 0 bridgehead atoms. The van der Waals surface area contributed by atoms with E-state index >= 15 is 0 Å². The van der Waals surface area contributed by atoms with Gasteiger partial charge in [0.15, 0.2) is 0 Å². The number of carbonyl (C=O) groups excluding carboxylic acids is 1. The third kappa shape index (κ3) is 3.45. The van der Waals surface area contributed by atoms with Gasteiger partial charge in [-0.2, -0.15) is 0 Å². The average molecular weight is 429 g/mol. The van der Waals surface area contributed by atoms with Crippen molar-refractivity contribution >= 4 is 38.5 Å². The number of hydrogen-bond donors (Lipinski definition) is 0. The number of fused-ring (bicyclic) bond motifs is 2. The third-order valence-corrected chi connectivity index (χ3v) is 5.88. The molecule has 2 heterocycles. The van der Waals surface area contributed by atoms with Gasteiger partial charge in [0.25, 0.3) is 0 Å². The minimum atomic E-state index is -0.565. The monoisotopic (exact) mass is 429 g/mol. The summed E-state index contributed by atoms with van der Waals surface area (Å²) >= 11 is 1.43. The summed E-state index contributed by atoms with van der Waals surface area (Å²) < 4.78 is 17.3. The Labute approximate surface area is 180 Å². The Morgan fingerprint density at radius 1 is 1.03 bits per heavy atom. The molecule has 3 aromatic carbocycles. The average Bonchev–Trinajstić information content (AvgIpc) is 3.23. The van der Waals surface area contributed by atoms with Crippen LogP contribution in [0.4, 0.5) is 0 Å². The summed E-state index contributed by atoms with van der Waals surface area (Å²) in [5, 5.41) is 0.984. The van der Waals surface area contributed by atoms with Crippen LogP contribution >= 0.6 is 11.3 Å². The second-order valence-corrected chi connectivity index (χ2v) is 7.74. The van der Waals surface area contributed by atoms with Crippen molar-refractivity contribution in [1.82, 2.24) is 4.98 Å². The first-order chi connectivity index (χ1) is 15.1.